The van der Waals surface area contributed by atoms with E-state index in [1.165, 1.54) is 45.5 Å². The van der Waals surface area contributed by atoms with Gasteiger partial charge in [-0.1, -0.05) is 60.7 Å². The Bertz CT molecular complexity index is 1290. The zero-order chi connectivity index (χ0) is 24.2. The highest BCUT2D eigenvalue weighted by Crippen LogP contribution is 2.27. The molecule has 0 atom stereocenters. The largest absolute Gasteiger partial charge is 0.243 e. The molecular formula is C26H30N2O4S2. The first-order valence-electron chi connectivity index (χ1n) is 11.4. The van der Waals surface area contributed by atoms with E-state index in [0.29, 0.717) is 19.0 Å². The maximum Gasteiger partial charge on any atom is 0.243 e. The second-order valence-electron chi connectivity index (χ2n) is 8.76. The van der Waals surface area contributed by atoms with Crippen molar-refractivity contribution in [2.24, 2.45) is 5.92 Å². The van der Waals surface area contributed by atoms with Crippen LogP contribution in [0.25, 0.3) is 0 Å². The van der Waals surface area contributed by atoms with Crippen molar-refractivity contribution in [3.63, 3.8) is 0 Å². The summed E-state index contributed by atoms with van der Waals surface area (Å²) in [5.74, 6) is 0.460. The standard InChI is InChI=1S/C26H30N2O4S2/c1-27(21-24-10-6-3-7-11-24)33(29,30)25-12-14-26(15-13-25)34(31,32)28-18-16-23(17-19-28)20-22-8-4-2-5-9-22/h2-15,23H,16-21H2,1H3. The van der Waals surface area contributed by atoms with Gasteiger partial charge in [-0.05, 0) is 60.6 Å². The maximum absolute atomic E-state index is 13.2. The second kappa shape index (κ2) is 10.4. The van der Waals surface area contributed by atoms with Gasteiger partial charge in [-0.15, -0.1) is 0 Å². The lowest BCUT2D eigenvalue weighted by molar-refractivity contribution is 0.273. The van der Waals surface area contributed by atoms with Crippen LogP contribution >= 0.6 is 0 Å². The van der Waals surface area contributed by atoms with Crippen LogP contribution < -0.4 is 0 Å². The molecule has 4 rings (SSSR count). The van der Waals surface area contributed by atoms with Crippen molar-refractivity contribution in [2.45, 2.75) is 35.6 Å². The topological polar surface area (TPSA) is 74.8 Å². The fraction of sp³-hybridized carbons (Fsp3) is 0.308. The van der Waals surface area contributed by atoms with Crippen LogP contribution in [-0.2, 0) is 33.0 Å². The lowest BCUT2D eigenvalue weighted by Gasteiger charge is -2.31. The van der Waals surface area contributed by atoms with Crippen molar-refractivity contribution in [1.82, 2.24) is 8.61 Å². The van der Waals surface area contributed by atoms with Crippen LogP contribution in [0, 0.1) is 5.92 Å². The Labute approximate surface area is 203 Å². The molecule has 1 aliphatic rings. The molecule has 0 aromatic heterocycles. The molecule has 0 spiro atoms. The molecule has 0 saturated carbocycles. The fourth-order valence-electron chi connectivity index (χ4n) is 4.34. The van der Waals surface area contributed by atoms with Gasteiger partial charge in [-0.25, -0.2) is 16.8 Å². The lowest BCUT2D eigenvalue weighted by Crippen LogP contribution is -2.38. The summed E-state index contributed by atoms with van der Waals surface area (Å²) in [4.78, 5) is 0.199. The van der Waals surface area contributed by atoms with Gasteiger partial charge in [-0.2, -0.15) is 8.61 Å². The molecule has 3 aromatic rings. The van der Waals surface area contributed by atoms with E-state index in [-0.39, 0.29) is 16.3 Å². The summed E-state index contributed by atoms with van der Waals surface area (Å²) in [6.45, 7) is 1.18. The smallest absolute Gasteiger partial charge is 0.207 e. The van der Waals surface area contributed by atoms with Crippen molar-refractivity contribution >= 4 is 20.0 Å². The van der Waals surface area contributed by atoms with Crippen molar-refractivity contribution in [2.75, 3.05) is 20.1 Å². The number of hydrogen-bond acceptors (Lipinski definition) is 4. The first kappa shape index (κ1) is 24.6. The van der Waals surface area contributed by atoms with Gasteiger partial charge in [0.1, 0.15) is 0 Å². The molecule has 0 aliphatic carbocycles. The predicted molar refractivity (Wildman–Crippen MR) is 133 cm³/mol. The van der Waals surface area contributed by atoms with Gasteiger partial charge in [0.2, 0.25) is 20.0 Å². The number of piperidine rings is 1. The van der Waals surface area contributed by atoms with Gasteiger partial charge in [0.25, 0.3) is 0 Å². The SMILES string of the molecule is CN(Cc1ccccc1)S(=O)(=O)c1ccc(S(=O)(=O)N2CCC(Cc3ccccc3)CC2)cc1. The van der Waals surface area contributed by atoms with E-state index >= 15 is 0 Å². The van der Waals surface area contributed by atoms with Crippen LogP contribution in [0.1, 0.15) is 24.0 Å². The third kappa shape index (κ3) is 5.58. The summed E-state index contributed by atoms with van der Waals surface area (Å²) in [6.07, 6.45) is 2.58. The third-order valence-electron chi connectivity index (χ3n) is 6.36. The molecule has 1 saturated heterocycles. The normalized spacial score (nSPS) is 16.1. The Morgan fingerprint density at radius 1 is 0.735 bits per heavy atom. The van der Waals surface area contributed by atoms with Crippen molar-refractivity contribution in [3.8, 4) is 0 Å². The van der Waals surface area contributed by atoms with Gasteiger partial charge in [0, 0.05) is 26.7 Å². The van der Waals surface area contributed by atoms with Gasteiger partial charge >= 0.3 is 0 Å². The van der Waals surface area contributed by atoms with Crippen molar-refractivity contribution in [1.29, 1.82) is 0 Å². The van der Waals surface area contributed by atoms with Gasteiger partial charge in [0.05, 0.1) is 9.79 Å². The first-order chi connectivity index (χ1) is 16.3. The van der Waals surface area contributed by atoms with Crippen LogP contribution in [0.2, 0.25) is 0 Å². The van der Waals surface area contributed by atoms with Crippen LogP contribution in [0.5, 0.6) is 0 Å². The molecule has 0 unspecified atom stereocenters. The average Bonchev–Trinajstić information content (AvgIpc) is 2.86. The van der Waals surface area contributed by atoms with E-state index in [4.69, 9.17) is 0 Å². The minimum atomic E-state index is -3.74. The number of hydrogen-bond donors (Lipinski definition) is 0. The van der Waals surface area contributed by atoms with E-state index in [0.717, 1.165) is 24.8 Å². The Morgan fingerprint density at radius 2 is 1.24 bits per heavy atom. The van der Waals surface area contributed by atoms with Gasteiger partial charge in [0.15, 0.2) is 0 Å². The van der Waals surface area contributed by atoms with Crippen LogP contribution in [0.15, 0.2) is 94.7 Å². The zero-order valence-electron chi connectivity index (χ0n) is 19.2. The van der Waals surface area contributed by atoms with E-state index < -0.39 is 20.0 Å². The van der Waals surface area contributed by atoms with E-state index in [1.807, 2.05) is 48.5 Å². The molecule has 0 bridgehead atoms. The molecule has 0 amide bonds. The van der Waals surface area contributed by atoms with E-state index in [9.17, 15) is 16.8 Å². The second-order valence-corrected chi connectivity index (χ2v) is 12.7. The van der Waals surface area contributed by atoms with Crippen LogP contribution in [0.3, 0.4) is 0 Å². The molecule has 1 aliphatic heterocycles. The van der Waals surface area contributed by atoms with Crippen molar-refractivity contribution < 1.29 is 16.8 Å². The molecule has 3 aromatic carbocycles. The highest BCUT2D eigenvalue weighted by molar-refractivity contribution is 7.89. The Hall–Kier alpha value is -2.52. The third-order valence-corrected chi connectivity index (χ3v) is 10.1. The van der Waals surface area contributed by atoms with Crippen LogP contribution in [0.4, 0.5) is 0 Å². The molecule has 0 radical (unpaired) electrons. The maximum atomic E-state index is 13.2. The number of rotatable bonds is 8. The van der Waals surface area contributed by atoms with Gasteiger partial charge in [-0.3, -0.25) is 0 Å². The summed E-state index contributed by atoms with van der Waals surface area (Å²) in [5.41, 5.74) is 2.15. The Morgan fingerprint density at radius 3 is 1.79 bits per heavy atom. The fourth-order valence-corrected chi connectivity index (χ4v) is 6.97. The summed E-state index contributed by atoms with van der Waals surface area (Å²) >= 11 is 0. The summed E-state index contributed by atoms with van der Waals surface area (Å²) < 4.78 is 55.0. The Balaban J connectivity index is 1.40. The summed E-state index contributed by atoms with van der Waals surface area (Å²) in [7, 11) is -5.88. The number of benzene rings is 3. The van der Waals surface area contributed by atoms with Gasteiger partial charge < -0.3 is 0 Å². The minimum Gasteiger partial charge on any atom is -0.207 e. The number of sulfonamides is 2. The summed E-state index contributed by atoms with van der Waals surface area (Å²) in [5, 5.41) is 0. The lowest BCUT2D eigenvalue weighted by atomic mass is 9.91. The quantitative estimate of drug-likeness (QED) is 0.468. The number of nitrogens with zero attached hydrogens (tertiary/aromatic N) is 2. The van der Waals surface area contributed by atoms with Crippen molar-refractivity contribution in [3.05, 3.63) is 96.1 Å². The molecule has 34 heavy (non-hydrogen) atoms. The average molecular weight is 499 g/mol. The van der Waals surface area contributed by atoms with E-state index in [1.54, 1.807) is 0 Å². The molecule has 1 heterocycles. The minimum absolute atomic E-state index is 0.0754. The molecule has 0 N–H and O–H groups in total. The molecule has 6 nitrogen and oxygen atoms in total. The molecule has 180 valence electrons. The molecular weight excluding hydrogens is 468 g/mol. The summed E-state index contributed by atoms with van der Waals surface area (Å²) in [6, 6.07) is 25.2. The first-order valence-corrected chi connectivity index (χ1v) is 14.3. The highest BCUT2D eigenvalue weighted by Gasteiger charge is 2.30. The zero-order valence-corrected chi connectivity index (χ0v) is 20.9. The highest BCUT2D eigenvalue weighted by atomic mass is 32.2. The molecule has 1 fully saturated rings. The van der Waals surface area contributed by atoms with E-state index in [2.05, 4.69) is 12.1 Å². The predicted octanol–water partition coefficient (Wildman–Crippen LogP) is 4.15. The van der Waals surface area contributed by atoms with Crippen LogP contribution in [-0.4, -0.2) is 45.6 Å². The Kier molecular flexibility index (Phi) is 7.52. The molecule has 8 heteroatoms. The monoisotopic (exact) mass is 498 g/mol.